The van der Waals surface area contributed by atoms with E-state index in [0.29, 0.717) is 0 Å². The lowest BCUT2D eigenvalue weighted by atomic mass is 9.97. The lowest BCUT2D eigenvalue weighted by Crippen LogP contribution is -2.40. The van der Waals surface area contributed by atoms with E-state index < -0.39 is 5.54 Å². The molecule has 1 saturated heterocycles. The van der Waals surface area contributed by atoms with Gasteiger partial charge < -0.3 is 20.5 Å². The molecule has 0 spiro atoms. The third-order valence-corrected chi connectivity index (χ3v) is 3.15. The Balaban J connectivity index is 2.05. The predicted octanol–water partition coefficient (Wildman–Crippen LogP) is 0.589. The summed E-state index contributed by atoms with van der Waals surface area (Å²) < 4.78 is 5.41. The van der Waals surface area contributed by atoms with Crippen molar-refractivity contribution in [3.05, 3.63) is 0 Å². The molecule has 96 valence electrons. The second-order valence-electron chi connectivity index (χ2n) is 5.08. The number of nitrogens with two attached hydrogens (primary N) is 1. The second kappa shape index (κ2) is 7.22. The first-order chi connectivity index (χ1) is 7.64. The number of hydrogen-bond acceptors (Lipinski definition) is 4. The fourth-order valence-corrected chi connectivity index (χ4v) is 1.96. The topological polar surface area (TPSA) is 58.7 Å². The van der Waals surface area contributed by atoms with Crippen LogP contribution < -0.4 is 5.73 Å². The highest BCUT2D eigenvalue weighted by atomic mass is 16.5. The van der Waals surface area contributed by atoms with Crippen LogP contribution in [-0.2, 0) is 4.74 Å². The molecule has 0 bridgehead atoms. The van der Waals surface area contributed by atoms with Crippen LogP contribution in [0, 0.1) is 0 Å². The average molecular weight is 230 g/mol. The molecule has 0 aromatic rings. The maximum atomic E-state index is 9.03. The van der Waals surface area contributed by atoms with Crippen LogP contribution in [0.15, 0.2) is 0 Å². The van der Waals surface area contributed by atoms with Crippen LogP contribution >= 0.6 is 0 Å². The molecule has 0 aromatic carbocycles. The Labute approximate surface area is 98.8 Å². The number of rotatable bonds is 6. The van der Waals surface area contributed by atoms with E-state index in [9.17, 15) is 0 Å². The third-order valence-electron chi connectivity index (χ3n) is 3.15. The van der Waals surface area contributed by atoms with Crippen LogP contribution in [0.25, 0.3) is 0 Å². The van der Waals surface area contributed by atoms with Crippen LogP contribution in [0.4, 0.5) is 0 Å². The van der Waals surface area contributed by atoms with Gasteiger partial charge in [-0.3, -0.25) is 0 Å². The third kappa shape index (κ3) is 5.80. The quantitative estimate of drug-likeness (QED) is 0.656. The van der Waals surface area contributed by atoms with Gasteiger partial charge in [-0.1, -0.05) is 6.42 Å². The van der Waals surface area contributed by atoms with Crippen molar-refractivity contribution in [2.75, 3.05) is 39.5 Å². The number of hydrogen-bond donors (Lipinski definition) is 2. The smallest absolute Gasteiger partial charge is 0.0608 e. The zero-order valence-corrected chi connectivity index (χ0v) is 10.5. The Bertz CT molecular complexity index is 178. The van der Waals surface area contributed by atoms with E-state index >= 15 is 0 Å². The lowest BCUT2D eigenvalue weighted by molar-refractivity contribution is 0.140. The molecule has 1 aliphatic rings. The van der Waals surface area contributed by atoms with Crippen LogP contribution in [0.5, 0.6) is 0 Å². The van der Waals surface area contributed by atoms with Gasteiger partial charge in [0, 0.05) is 25.2 Å². The zero-order valence-electron chi connectivity index (χ0n) is 10.5. The molecule has 4 nitrogen and oxygen atoms in total. The minimum absolute atomic E-state index is 0.0740. The van der Waals surface area contributed by atoms with Gasteiger partial charge in [-0.15, -0.1) is 0 Å². The normalized spacial score (nSPS) is 22.7. The van der Waals surface area contributed by atoms with Gasteiger partial charge in [0.05, 0.1) is 13.2 Å². The standard InChI is InChI=1S/C12H26N2O2/c1-12(13,11-15)5-2-3-6-14-7-4-9-16-10-8-14/h15H,2-11,13H2,1H3. The highest BCUT2D eigenvalue weighted by Gasteiger charge is 2.16. The van der Waals surface area contributed by atoms with Gasteiger partial charge in [0.2, 0.25) is 0 Å². The van der Waals surface area contributed by atoms with Crippen LogP contribution in [0.3, 0.4) is 0 Å². The van der Waals surface area contributed by atoms with Crippen molar-refractivity contribution in [2.24, 2.45) is 5.73 Å². The fourth-order valence-electron chi connectivity index (χ4n) is 1.96. The van der Waals surface area contributed by atoms with Gasteiger partial charge in [-0.25, -0.2) is 0 Å². The number of aliphatic hydroxyl groups is 1. The highest BCUT2D eigenvalue weighted by Crippen LogP contribution is 2.10. The van der Waals surface area contributed by atoms with Crippen molar-refractivity contribution < 1.29 is 9.84 Å². The first kappa shape index (κ1) is 13.9. The van der Waals surface area contributed by atoms with Crippen LogP contribution in [0.2, 0.25) is 0 Å². The second-order valence-corrected chi connectivity index (χ2v) is 5.08. The van der Waals surface area contributed by atoms with E-state index in [1.54, 1.807) is 0 Å². The number of nitrogens with zero attached hydrogens (tertiary/aromatic N) is 1. The Hall–Kier alpha value is -0.160. The Kier molecular flexibility index (Phi) is 6.28. The summed E-state index contributed by atoms with van der Waals surface area (Å²) in [5.41, 5.74) is 5.48. The van der Waals surface area contributed by atoms with E-state index in [1.807, 2.05) is 6.92 Å². The SMILES string of the molecule is CC(N)(CO)CCCCN1CCCOCC1. The largest absolute Gasteiger partial charge is 0.394 e. The Morgan fingerprint density at radius 2 is 2.12 bits per heavy atom. The minimum atomic E-state index is -0.401. The van der Waals surface area contributed by atoms with Crippen molar-refractivity contribution in [1.82, 2.24) is 4.90 Å². The molecule has 0 aliphatic carbocycles. The monoisotopic (exact) mass is 230 g/mol. The summed E-state index contributed by atoms with van der Waals surface area (Å²) in [7, 11) is 0. The van der Waals surface area contributed by atoms with Crippen molar-refractivity contribution in [3.8, 4) is 0 Å². The summed E-state index contributed by atoms with van der Waals surface area (Å²) in [6, 6.07) is 0. The number of ether oxygens (including phenoxy) is 1. The van der Waals surface area contributed by atoms with Crippen LogP contribution in [0.1, 0.15) is 32.6 Å². The number of unbranched alkanes of at least 4 members (excludes halogenated alkanes) is 1. The summed E-state index contributed by atoms with van der Waals surface area (Å²) >= 11 is 0. The molecular formula is C12H26N2O2. The van der Waals surface area contributed by atoms with Crippen molar-refractivity contribution in [3.63, 3.8) is 0 Å². The number of aliphatic hydroxyl groups excluding tert-OH is 1. The van der Waals surface area contributed by atoms with Crippen LogP contribution in [-0.4, -0.2) is 55.0 Å². The molecule has 1 rings (SSSR count). The molecule has 16 heavy (non-hydrogen) atoms. The van der Waals surface area contributed by atoms with Gasteiger partial charge >= 0.3 is 0 Å². The maximum absolute atomic E-state index is 9.03. The van der Waals surface area contributed by atoms with Gasteiger partial charge in [-0.05, 0) is 32.7 Å². The predicted molar refractivity (Wildman–Crippen MR) is 65.4 cm³/mol. The molecule has 1 aliphatic heterocycles. The van der Waals surface area contributed by atoms with Crippen molar-refractivity contribution >= 4 is 0 Å². The summed E-state index contributed by atoms with van der Waals surface area (Å²) in [6.07, 6.45) is 4.29. The molecule has 0 aromatic heterocycles. The van der Waals surface area contributed by atoms with Crippen molar-refractivity contribution in [1.29, 1.82) is 0 Å². The zero-order chi connectivity index (χ0) is 11.9. The molecule has 1 fully saturated rings. The highest BCUT2D eigenvalue weighted by molar-refractivity contribution is 4.77. The summed E-state index contributed by atoms with van der Waals surface area (Å²) in [5.74, 6) is 0. The molecule has 4 heteroatoms. The first-order valence-corrected chi connectivity index (χ1v) is 6.34. The van der Waals surface area contributed by atoms with Gasteiger partial charge in [0.1, 0.15) is 0 Å². The maximum Gasteiger partial charge on any atom is 0.0608 e. The fraction of sp³-hybridized carbons (Fsp3) is 1.00. The molecule has 1 unspecified atom stereocenters. The molecule has 0 saturated carbocycles. The Morgan fingerprint density at radius 3 is 2.88 bits per heavy atom. The van der Waals surface area contributed by atoms with Gasteiger partial charge in [-0.2, -0.15) is 0 Å². The van der Waals surface area contributed by atoms with Crippen molar-refractivity contribution in [2.45, 2.75) is 38.1 Å². The summed E-state index contributed by atoms with van der Waals surface area (Å²) in [5, 5.41) is 9.03. The molecule has 3 N–H and O–H groups in total. The average Bonchev–Trinajstić information content (AvgIpc) is 2.53. The van der Waals surface area contributed by atoms with E-state index in [-0.39, 0.29) is 6.61 Å². The Morgan fingerprint density at radius 1 is 1.31 bits per heavy atom. The van der Waals surface area contributed by atoms with Gasteiger partial charge in [0.15, 0.2) is 0 Å². The lowest BCUT2D eigenvalue weighted by Gasteiger charge is -2.23. The summed E-state index contributed by atoms with van der Waals surface area (Å²) in [6.45, 7) is 7.09. The first-order valence-electron chi connectivity index (χ1n) is 6.34. The molecule has 0 radical (unpaired) electrons. The molecular weight excluding hydrogens is 204 g/mol. The van der Waals surface area contributed by atoms with E-state index in [0.717, 1.165) is 58.5 Å². The molecule has 0 amide bonds. The van der Waals surface area contributed by atoms with E-state index in [1.165, 1.54) is 0 Å². The minimum Gasteiger partial charge on any atom is -0.394 e. The van der Waals surface area contributed by atoms with Gasteiger partial charge in [0.25, 0.3) is 0 Å². The molecule has 1 atom stereocenters. The van der Waals surface area contributed by atoms with E-state index in [4.69, 9.17) is 15.6 Å². The molecule has 1 heterocycles. The van der Waals surface area contributed by atoms with E-state index in [2.05, 4.69) is 4.90 Å². The summed E-state index contributed by atoms with van der Waals surface area (Å²) in [4.78, 5) is 2.46.